The SMILES string of the molecule is COC(=O)COc1ccc(C2=CC(c3ccccc3[N+](=O)[O-])C(C(=O)OC)=C(C)N2)c(Cl)c1Cl. The van der Waals surface area contributed by atoms with Gasteiger partial charge in [0, 0.05) is 34.5 Å². The summed E-state index contributed by atoms with van der Waals surface area (Å²) in [5.41, 5.74) is 1.76. The predicted octanol–water partition coefficient (Wildman–Crippen LogP) is 4.63. The van der Waals surface area contributed by atoms with Gasteiger partial charge in [-0.05, 0) is 25.1 Å². The molecule has 0 radical (unpaired) electrons. The number of hydrogen-bond acceptors (Lipinski definition) is 8. The number of carbonyl (C=O) groups is 2. The van der Waals surface area contributed by atoms with Gasteiger partial charge in [0.05, 0.1) is 29.7 Å². The molecular formula is C23H20Cl2N2O7. The van der Waals surface area contributed by atoms with E-state index in [4.69, 9.17) is 32.7 Å². The molecule has 178 valence electrons. The Labute approximate surface area is 205 Å². The number of nitro benzene ring substituents is 1. The number of benzene rings is 2. The number of hydrogen-bond donors (Lipinski definition) is 1. The number of allylic oxidation sites excluding steroid dienone is 2. The molecule has 11 heteroatoms. The number of nitrogens with zero attached hydrogens (tertiary/aromatic N) is 1. The lowest BCUT2D eigenvalue weighted by Gasteiger charge is -2.27. The second-order valence-corrected chi connectivity index (χ2v) is 7.89. The molecule has 9 nitrogen and oxygen atoms in total. The van der Waals surface area contributed by atoms with E-state index in [-0.39, 0.29) is 33.7 Å². The number of nitro groups is 1. The zero-order chi connectivity index (χ0) is 25.0. The van der Waals surface area contributed by atoms with Crippen LogP contribution in [0.3, 0.4) is 0 Å². The second kappa shape index (κ2) is 10.6. The molecule has 0 spiro atoms. The van der Waals surface area contributed by atoms with Crippen LogP contribution in [-0.4, -0.2) is 37.7 Å². The van der Waals surface area contributed by atoms with E-state index in [0.717, 1.165) is 0 Å². The first-order valence-corrected chi connectivity index (χ1v) is 10.6. The number of methoxy groups -OCH3 is 2. The van der Waals surface area contributed by atoms with Crippen LogP contribution in [0.5, 0.6) is 5.75 Å². The summed E-state index contributed by atoms with van der Waals surface area (Å²) in [4.78, 5) is 35.1. The highest BCUT2D eigenvalue weighted by Crippen LogP contribution is 2.42. The van der Waals surface area contributed by atoms with Gasteiger partial charge in [0.15, 0.2) is 6.61 Å². The minimum absolute atomic E-state index is 0.0633. The first-order chi connectivity index (χ1) is 16.2. The molecular weight excluding hydrogens is 487 g/mol. The number of ether oxygens (including phenoxy) is 3. The van der Waals surface area contributed by atoms with Gasteiger partial charge < -0.3 is 19.5 Å². The molecule has 0 saturated carbocycles. The maximum atomic E-state index is 12.6. The number of halogens is 2. The fraction of sp³-hybridized carbons (Fsp3) is 0.217. The predicted molar refractivity (Wildman–Crippen MR) is 126 cm³/mol. The minimum atomic E-state index is -0.796. The summed E-state index contributed by atoms with van der Waals surface area (Å²) in [5.74, 6) is -1.83. The Balaban J connectivity index is 2.10. The molecule has 0 aliphatic carbocycles. The number of rotatable bonds is 7. The van der Waals surface area contributed by atoms with Crippen molar-refractivity contribution in [1.29, 1.82) is 0 Å². The third kappa shape index (κ3) is 5.00. The van der Waals surface area contributed by atoms with Crippen LogP contribution in [0.4, 0.5) is 5.69 Å². The molecule has 0 saturated heterocycles. The van der Waals surface area contributed by atoms with Crippen molar-refractivity contribution in [3.8, 4) is 5.75 Å². The maximum Gasteiger partial charge on any atom is 0.343 e. The molecule has 2 aromatic carbocycles. The van der Waals surface area contributed by atoms with Crippen LogP contribution in [-0.2, 0) is 19.1 Å². The van der Waals surface area contributed by atoms with Gasteiger partial charge in [0.1, 0.15) is 10.8 Å². The fourth-order valence-corrected chi connectivity index (χ4v) is 4.03. The summed E-state index contributed by atoms with van der Waals surface area (Å²) in [6.45, 7) is 1.31. The van der Waals surface area contributed by atoms with E-state index >= 15 is 0 Å². The topological polar surface area (TPSA) is 117 Å². The van der Waals surface area contributed by atoms with Gasteiger partial charge in [-0.25, -0.2) is 9.59 Å². The normalized spacial score (nSPS) is 15.2. The van der Waals surface area contributed by atoms with Crippen LogP contribution >= 0.6 is 23.2 Å². The molecule has 2 aromatic rings. The number of para-hydroxylation sites is 1. The highest BCUT2D eigenvalue weighted by molar-refractivity contribution is 6.44. The average Bonchev–Trinajstić information content (AvgIpc) is 2.83. The van der Waals surface area contributed by atoms with Gasteiger partial charge in [0.2, 0.25) is 0 Å². The zero-order valence-electron chi connectivity index (χ0n) is 18.4. The molecule has 1 heterocycles. The molecule has 1 unspecified atom stereocenters. The molecule has 0 fully saturated rings. The third-order valence-corrected chi connectivity index (χ3v) is 6.02. The van der Waals surface area contributed by atoms with Crippen LogP contribution in [0.15, 0.2) is 53.7 Å². The average molecular weight is 507 g/mol. The van der Waals surface area contributed by atoms with Crippen molar-refractivity contribution >= 4 is 46.5 Å². The van der Waals surface area contributed by atoms with Crippen molar-refractivity contribution in [1.82, 2.24) is 5.32 Å². The summed E-state index contributed by atoms with van der Waals surface area (Å²) in [6.07, 6.45) is 1.65. The van der Waals surface area contributed by atoms with Gasteiger partial charge in [-0.3, -0.25) is 10.1 Å². The summed E-state index contributed by atoms with van der Waals surface area (Å²) in [5, 5.41) is 15.0. The Hall–Kier alpha value is -3.56. The Morgan fingerprint density at radius 1 is 1.09 bits per heavy atom. The summed E-state index contributed by atoms with van der Waals surface area (Å²) >= 11 is 12.9. The molecule has 1 atom stereocenters. The summed E-state index contributed by atoms with van der Waals surface area (Å²) in [6, 6.07) is 9.30. The van der Waals surface area contributed by atoms with Gasteiger partial charge in [-0.1, -0.05) is 41.4 Å². The molecule has 34 heavy (non-hydrogen) atoms. The quantitative estimate of drug-likeness (QED) is 0.328. The van der Waals surface area contributed by atoms with Crippen molar-refractivity contribution in [2.75, 3.05) is 20.8 Å². The van der Waals surface area contributed by atoms with E-state index in [1.807, 2.05) is 0 Å². The summed E-state index contributed by atoms with van der Waals surface area (Å²) < 4.78 is 14.8. The van der Waals surface area contributed by atoms with Crippen LogP contribution in [0.25, 0.3) is 5.70 Å². The van der Waals surface area contributed by atoms with Crippen LogP contribution in [0.1, 0.15) is 24.0 Å². The number of nitrogens with one attached hydrogen (secondary N) is 1. The molecule has 0 aromatic heterocycles. The van der Waals surface area contributed by atoms with E-state index in [1.165, 1.54) is 26.4 Å². The van der Waals surface area contributed by atoms with Crippen molar-refractivity contribution in [3.63, 3.8) is 0 Å². The standard InChI is InChI=1S/C23H20Cl2N2O7/c1-12-20(23(29)33-3)15(13-6-4-5-7-17(13)27(30)31)10-16(26-12)14-8-9-18(22(25)21(14)24)34-11-19(28)32-2/h4-10,15,26H,11H2,1-3H3. The fourth-order valence-electron chi connectivity index (χ4n) is 3.55. The number of carbonyl (C=O) groups excluding carboxylic acids is 2. The van der Waals surface area contributed by atoms with E-state index in [2.05, 4.69) is 10.1 Å². The zero-order valence-corrected chi connectivity index (χ0v) is 19.9. The van der Waals surface area contributed by atoms with Crippen molar-refractivity contribution in [2.24, 2.45) is 0 Å². The van der Waals surface area contributed by atoms with Crippen molar-refractivity contribution < 1.29 is 28.7 Å². The Bertz CT molecular complexity index is 1220. The highest BCUT2D eigenvalue weighted by Gasteiger charge is 2.33. The van der Waals surface area contributed by atoms with E-state index in [1.54, 1.807) is 37.3 Å². The largest absolute Gasteiger partial charge is 0.480 e. The number of dihydropyridines is 1. The van der Waals surface area contributed by atoms with E-state index in [0.29, 0.717) is 22.5 Å². The first kappa shape index (κ1) is 25.1. The maximum absolute atomic E-state index is 12.6. The van der Waals surface area contributed by atoms with Crippen LogP contribution < -0.4 is 10.1 Å². The molecule has 0 amide bonds. The Morgan fingerprint density at radius 2 is 1.79 bits per heavy atom. The minimum Gasteiger partial charge on any atom is -0.480 e. The van der Waals surface area contributed by atoms with Crippen LogP contribution in [0.2, 0.25) is 10.0 Å². The Kier molecular flexibility index (Phi) is 7.80. The number of esters is 2. The monoisotopic (exact) mass is 506 g/mol. The van der Waals surface area contributed by atoms with Crippen LogP contribution in [0, 0.1) is 10.1 Å². The highest BCUT2D eigenvalue weighted by atomic mass is 35.5. The molecule has 1 aliphatic heterocycles. The lowest BCUT2D eigenvalue weighted by Crippen LogP contribution is -2.26. The van der Waals surface area contributed by atoms with Gasteiger partial charge in [-0.2, -0.15) is 0 Å². The Morgan fingerprint density at radius 3 is 2.44 bits per heavy atom. The molecule has 0 bridgehead atoms. The van der Waals surface area contributed by atoms with Gasteiger partial charge in [-0.15, -0.1) is 0 Å². The molecule has 1 N–H and O–H groups in total. The first-order valence-electron chi connectivity index (χ1n) is 9.88. The van der Waals surface area contributed by atoms with E-state index in [9.17, 15) is 19.7 Å². The third-order valence-electron chi connectivity index (χ3n) is 5.15. The molecule has 1 aliphatic rings. The van der Waals surface area contributed by atoms with E-state index < -0.39 is 22.8 Å². The smallest absolute Gasteiger partial charge is 0.343 e. The molecule has 3 rings (SSSR count). The lowest BCUT2D eigenvalue weighted by molar-refractivity contribution is -0.385. The van der Waals surface area contributed by atoms with Crippen molar-refractivity contribution in [3.05, 3.63) is 85.0 Å². The van der Waals surface area contributed by atoms with Crippen molar-refractivity contribution in [2.45, 2.75) is 12.8 Å². The van der Waals surface area contributed by atoms with Gasteiger partial charge in [0.25, 0.3) is 5.69 Å². The van der Waals surface area contributed by atoms with Gasteiger partial charge >= 0.3 is 11.9 Å². The lowest BCUT2D eigenvalue weighted by atomic mass is 9.85. The second-order valence-electron chi connectivity index (χ2n) is 7.13. The summed E-state index contributed by atoms with van der Waals surface area (Å²) in [7, 11) is 2.47.